The smallest absolute Gasteiger partial charge is 0.387 e. The van der Waals surface area contributed by atoms with Crippen molar-refractivity contribution < 1.29 is 22.7 Å². The number of alkyl halides is 2. The maximum Gasteiger partial charge on any atom is 0.387 e. The molecule has 0 spiro atoms. The van der Waals surface area contributed by atoms with Gasteiger partial charge < -0.3 is 10.1 Å². The van der Waals surface area contributed by atoms with Crippen LogP contribution < -0.4 is 10.1 Å². The van der Waals surface area contributed by atoms with Crippen molar-refractivity contribution in [3.05, 3.63) is 64.9 Å². The van der Waals surface area contributed by atoms with E-state index in [1.165, 1.54) is 19.1 Å². The van der Waals surface area contributed by atoms with Gasteiger partial charge in [0.25, 0.3) is 0 Å². The third kappa shape index (κ3) is 4.84. The summed E-state index contributed by atoms with van der Waals surface area (Å²) in [7, 11) is 0. The van der Waals surface area contributed by atoms with Gasteiger partial charge >= 0.3 is 6.61 Å². The summed E-state index contributed by atoms with van der Waals surface area (Å²) in [4.78, 5) is 15.8. The van der Waals surface area contributed by atoms with E-state index in [0.717, 1.165) is 42.3 Å². The van der Waals surface area contributed by atoms with Crippen LogP contribution in [0.2, 0.25) is 0 Å². The van der Waals surface area contributed by atoms with Crippen LogP contribution in [0.3, 0.4) is 0 Å². The van der Waals surface area contributed by atoms with E-state index in [9.17, 15) is 18.0 Å². The first kappa shape index (κ1) is 20.8. The molecule has 162 valence electrons. The Labute approximate surface area is 176 Å². The fourth-order valence-electron chi connectivity index (χ4n) is 3.81. The lowest BCUT2D eigenvalue weighted by Crippen LogP contribution is -2.29. The van der Waals surface area contributed by atoms with E-state index in [4.69, 9.17) is 0 Å². The molecule has 1 aliphatic rings. The van der Waals surface area contributed by atoms with Crippen molar-refractivity contribution in [2.75, 3.05) is 0 Å². The highest BCUT2D eigenvalue weighted by molar-refractivity contribution is 5.73. The summed E-state index contributed by atoms with van der Waals surface area (Å²) in [6, 6.07) is 6.93. The van der Waals surface area contributed by atoms with Crippen LogP contribution in [-0.4, -0.2) is 32.5 Å². The molecule has 0 bridgehead atoms. The molecule has 1 atom stereocenters. The van der Waals surface area contributed by atoms with E-state index in [1.54, 1.807) is 23.0 Å². The number of aromatic nitrogens is 4. The molecule has 4 rings (SSSR count). The van der Waals surface area contributed by atoms with Crippen molar-refractivity contribution in [2.45, 2.75) is 45.3 Å². The van der Waals surface area contributed by atoms with Crippen molar-refractivity contribution in [1.82, 2.24) is 25.3 Å². The van der Waals surface area contributed by atoms with E-state index in [1.807, 2.05) is 0 Å². The Balaban J connectivity index is 1.60. The van der Waals surface area contributed by atoms with Crippen molar-refractivity contribution in [3.8, 4) is 11.6 Å². The number of carbonyl (C=O) groups excluding carboxylic acids is 1. The molecule has 31 heavy (non-hydrogen) atoms. The first-order valence-corrected chi connectivity index (χ1v) is 9.80. The van der Waals surface area contributed by atoms with Crippen molar-refractivity contribution in [2.24, 2.45) is 0 Å². The summed E-state index contributed by atoms with van der Waals surface area (Å²) >= 11 is 0. The number of pyridine rings is 1. The Morgan fingerprint density at radius 1 is 1.29 bits per heavy atom. The monoisotopic (exact) mass is 431 g/mol. The quantitative estimate of drug-likeness (QED) is 0.646. The molecule has 2 heterocycles. The minimum atomic E-state index is -3.03. The van der Waals surface area contributed by atoms with Gasteiger partial charge in [-0.1, -0.05) is 5.21 Å². The zero-order valence-electron chi connectivity index (χ0n) is 16.7. The van der Waals surface area contributed by atoms with Crippen molar-refractivity contribution in [3.63, 3.8) is 0 Å². The number of amides is 1. The van der Waals surface area contributed by atoms with Crippen LogP contribution in [0.1, 0.15) is 48.3 Å². The maximum absolute atomic E-state index is 13.8. The van der Waals surface area contributed by atoms with Crippen LogP contribution in [0.25, 0.3) is 5.82 Å². The molecule has 2 aromatic heterocycles. The lowest BCUT2D eigenvalue weighted by molar-refractivity contribution is -0.119. The zero-order chi connectivity index (χ0) is 22.0. The Morgan fingerprint density at radius 3 is 2.90 bits per heavy atom. The summed E-state index contributed by atoms with van der Waals surface area (Å²) < 4.78 is 44.7. The molecule has 1 N–H and O–H groups in total. The number of hydrogen-bond acceptors (Lipinski definition) is 5. The standard InChI is InChI=1S/C21H20F3N5O2/c1-12(30)26-17-3-2-4-18-20(17)27-28-29(18)19-10-13(5-6-25-19)7-14-8-15(22)11-16(9-14)31-21(23)24/h5-6,8-11,17,21H,2-4,7H2,1H3,(H,26,30). The van der Waals surface area contributed by atoms with Gasteiger partial charge in [-0.15, -0.1) is 5.10 Å². The van der Waals surface area contributed by atoms with Gasteiger partial charge in [0.05, 0.1) is 11.7 Å². The van der Waals surface area contributed by atoms with Gasteiger partial charge in [-0.25, -0.2) is 9.37 Å². The highest BCUT2D eigenvalue weighted by Gasteiger charge is 2.27. The molecule has 1 aliphatic carbocycles. The fourth-order valence-corrected chi connectivity index (χ4v) is 3.81. The molecule has 1 aromatic carbocycles. The predicted octanol–water partition coefficient (Wildman–Crippen LogP) is 3.51. The number of fused-ring (bicyclic) bond motifs is 1. The van der Waals surface area contributed by atoms with Crippen molar-refractivity contribution in [1.29, 1.82) is 0 Å². The second kappa shape index (κ2) is 8.75. The van der Waals surface area contributed by atoms with Gasteiger partial charge in [-0.2, -0.15) is 13.5 Å². The number of ether oxygens (including phenoxy) is 1. The number of carbonyl (C=O) groups is 1. The Morgan fingerprint density at radius 2 is 2.13 bits per heavy atom. The van der Waals surface area contributed by atoms with Crippen LogP contribution in [0.15, 0.2) is 36.5 Å². The Bertz CT molecular complexity index is 1100. The van der Waals surface area contributed by atoms with Crippen LogP contribution in [0.5, 0.6) is 5.75 Å². The van der Waals surface area contributed by atoms with E-state index < -0.39 is 12.4 Å². The molecule has 0 saturated carbocycles. The molecule has 3 aromatic rings. The second-order valence-electron chi connectivity index (χ2n) is 7.35. The summed E-state index contributed by atoms with van der Waals surface area (Å²) in [5.41, 5.74) is 2.89. The van der Waals surface area contributed by atoms with Crippen LogP contribution >= 0.6 is 0 Å². The van der Waals surface area contributed by atoms with Crippen LogP contribution in [0, 0.1) is 5.82 Å². The minimum Gasteiger partial charge on any atom is -0.435 e. The molecular weight excluding hydrogens is 411 g/mol. The summed E-state index contributed by atoms with van der Waals surface area (Å²) in [5, 5.41) is 11.4. The first-order valence-electron chi connectivity index (χ1n) is 9.80. The predicted molar refractivity (Wildman–Crippen MR) is 104 cm³/mol. The van der Waals surface area contributed by atoms with Crippen molar-refractivity contribution >= 4 is 5.91 Å². The number of hydrogen-bond donors (Lipinski definition) is 1. The van der Waals surface area contributed by atoms with E-state index in [-0.39, 0.29) is 24.1 Å². The average Bonchev–Trinajstić information content (AvgIpc) is 3.12. The molecular formula is C21H20F3N5O2. The first-order chi connectivity index (χ1) is 14.9. The number of nitrogens with zero attached hydrogens (tertiary/aromatic N) is 4. The molecule has 10 heteroatoms. The van der Waals surface area contributed by atoms with Gasteiger partial charge in [0.1, 0.15) is 17.3 Å². The van der Waals surface area contributed by atoms with Gasteiger partial charge in [0.15, 0.2) is 5.82 Å². The fraction of sp³-hybridized carbons (Fsp3) is 0.333. The average molecular weight is 431 g/mol. The normalized spacial score (nSPS) is 15.6. The van der Waals surface area contributed by atoms with Gasteiger partial charge in [-0.05, 0) is 61.1 Å². The van der Waals surface area contributed by atoms with E-state index in [0.29, 0.717) is 11.4 Å². The molecule has 1 unspecified atom stereocenters. The van der Waals surface area contributed by atoms with E-state index >= 15 is 0 Å². The summed E-state index contributed by atoms with van der Waals surface area (Å²) in [5.74, 6) is -0.474. The lowest BCUT2D eigenvalue weighted by Gasteiger charge is -2.21. The number of benzene rings is 1. The molecule has 7 nitrogen and oxygen atoms in total. The topological polar surface area (TPSA) is 81.9 Å². The van der Waals surface area contributed by atoms with Crippen LogP contribution in [0.4, 0.5) is 13.2 Å². The molecule has 1 amide bonds. The van der Waals surface area contributed by atoms with Gasteiger partial charge in [0.2, 0.25) is 5.91 Å². The third-order valence-electron chi connectivity index (χ3n) is 5.00. The third-order valence-corrected chi connectivity index (χ3v) is 5.00. The highest BCUT2D eigenvalue weighted by atomic mass is 19.3. The Hall–Kier alpha value is -3.43. The maximum atomic E-state index is 13.8. The largest absolute Gasteiger partial charge is 0.435 e. The van der Waals surface area contributed by atoms with Gasteiger partial charge in [0, 0.05) is 19.2 Å². The van der Waals surface area contributed by atoms with Gasteiger partial charge in [-0.3, -0.25) is 4.79 Å². The SMILES string of the molecule is CC(=O)NC1CCCc2c1nnn2-c1cc(Cc2cc(F)cc(OC(F)F)c2)ccn1. The lowest BCUT2D eigenvalue weighted by atomic mass is 9.96. The molecule has 0 aliphatic heterocycles. The van der Waals surface area contributed by atoms with E-state index in [2.05, 4.69) is 25.3 Å². The zero-order valence-corrected chi connectivity index (χ0v) is 16.7. The highest BCUT2D eigenvalue weighted by Crippen LogP contribution is 2.29. The number of halogens is 3. The minimum absolute atomic E-state index is 0.127. The second-order valence-corrected chi connectivity index (χ2v) is 7.35. The molecule has 0 saturated heterocycles. The molecule has 0 radical (unpaired) electrons. The molecule has 0 fully saturated rings. The summed E-state index contributed by atoms with van der Waals surface area (Å²) in [6.45, 7) is -1.56. The number of nitrogens with one attached hydrogen (secondary N) is 1. The van der Waals surface area contributed by atoms with Crippen LogP contribution in [-0.2, 0) is 17.6 Å². The number of rotatable bonds is 6. The summed E-state index contributed by atoms with van der Waals surface area (Å²) in [6.07, 6.45) is 4.31. The Kier molecular flexibility index (Phi) is 5.88.